The number of benzene rings is 1. The molecule has 5 nitrogen and oxygen atoms in total. The van der Waals surface area contributed by atoms with E-state index in [0.717, 1.165) is 12.8 Å². The van der Waals surface area contributed by atoms with Crippen LogP contribution in [0.25, 0.3) is 0 Å². The molecule has 118 valence electrons. The molecule has 1 aromatic rings. The predicted molar refractivity (Wildman–Crippen MR) is 83.8 cm³/mol. The Hall–Kier alpha value is -1.27. The Morgan fingerprint density at radius 3 is 2.57 bits per heavy atom. The molecule has 3 N–H and O–H groups in total. The lowest BCUT2D eigenvalue weighted by molar-refractivity contribution is 0.302. The second-order valence-corrected chi connectivity index (χ2v) is 7.40. The van der Waals surface area contributed by atoms with Crippen LogP contribution in [0.3, 0.4) is 0 Å². The fourth-order valence-electron chi connectivity index (χ4n) is 2.94. The Balaban J connectivity index is 2.19. The number of hydrogen-bond acceptors (Lipinski definition) is 4. The number of nitrogen functional groups attached to an aromatic ring is 1. The lowest BCUT2D eigenvalue weighted by Crippen LogP contribution is -2.39. The van der Waals surface area contributed by atoms with E-state index in [9.17, 15) is 8.42 Å². The van der Waals surface area contributed by atoms with Gasteiger partial charge in [0, 0.05) is 11.7 Å². The first kappa shape index (κ1) is 16.1. The van der Waals surface area contributed by atoms with Crippen molar-refractivity contribution in [1.29, 1.82) is 0 Å². The highest BCUT2D eigenvalue weighted by molar-refractivity contribution is 7.89. The number of nitrogens with one attached hydrogen (secondary N) is 1. The summed E-state index contributed by atoms with van der Waals surface area (Å²) in [5.41, 5.74) is 6.11. The van der Waals surface area contributed by atoms with Crippen LogP contribution in [0.5, 0.6) is 5.75 Å². The minimum absolute atomic E-state index is 0.0820. The van der Waals surface area contributed by atoms with Gasteiger partial charge in [-0.15, -0.1) is 0 Å². The smallest absolute Gasteiger partial charge is 0.244 e. The molecule has 1 unspecified atom stereocenters. The van der Waals surface area contributed by atoms with Crippen molar-refractivity contribution in [3.8, 4) is 5.75 Å². The highest BCUT2D eigenvalue weighted by atomic mass is 32.2. The van der Waals surface area contributed by atoms with Crippen LogP contribution in [0.1, 0.15) is 39.0 Å². The van der Waals surface area contributed by atoms with Gasteiger partial charge in [-0.05, 0) is 43.9 Å². The zero-order valence-corrected chi connectivity index (χ0v) is 13.4. The van der Waals surface area contributed by atoms with E-state index in [0.29, 0.717) is 17.4 Å². The van der Waals surface area contributed by atoms with Gasteiger partial charge in [0.1, 0.15) is 10.6 Å². The van der Waals surface area contributed by atoms with E-state index in [1.54, 1.807) is 12.1 Å². The van der Waals surface area contributed by atoms with Crippen LogP contribution in [0, 0.1) is 5.92 Å². The maximum Gasteiger partial charge on any atom is 0.244 e. The molecule has 0 radical (unpaired) electrons. The fraction of sp³-hybridized carbons (Fsp3) is 0.600. The first-order valence-corrected chi connectivity index (χ1v) is 8.88. The zero-order valence-electron chi connectivity index (χ0n) is 12.6. The van der Waals surface area contributed by atoms with E-state index in [1.807, 2.05) is 6.92 Å². The molecule has 1 aliphatic carbocycles. The Labute approximate surface area is 126 Å². The molecular weight excluding hydrogens is 288 g/mol. The summed E-state index contributed by atoms with van der Waals surface area (Å²) in [6.45, 7) is 1.94. The predicted octanol–water partition coefficient (Wildman–Crippen LogP) is 2.52. The second-order valence-electron chi connectivity index (χ2n) is 5.72. The minimum atomic E-state index is -3.63. The van der Waals surface area contributed by atoms with Crippen molar-refractivity contribution in [3.63, 3.8) is 0 Å². The molecule has 0 amide bonds. The van der Waals surface area contributed by atoms with Crippen LogP contribution in [0.2, 0.25) is 0 Å². The molecule has 1 aliphatic rings. The average molecular weight is 312 g/mol. The molecule has 1 saturated carbocycles. The van der Waals surface area contributed by atoms with Gasteiger partial charge < -0.3 is 10.5 Å². The maximum atomic E-state index is 12.6. The topological polar surface area (TPSA) is 81.4 Å². The number of hydrogen-bond donors (Lipinski definition) is 2. The molecule has 21 heavy (non-hydrogen) atoms. The first-order valence-electron chi connectivity index (χ1n) is 7.40. The molecule has 2 rings (SSSR count). The Morgan fingerprint density at radius 1 is 1.29 bits per heavy atom. The SMILES string of the molecule is COc1ccc(N)cc1S(=O)(=O)NC(C)C1CCCCC1. The van der Waals surface area contributed by atoms with E-state index < -0.39 is 10.0 Å². The van der Waals surface area contributed by atoms with E-state index in [1.165, 1.54) is 32.4 Å². The Kier molecular flexibility index (Phi) is 5.11. The molecule has 6 heteroatoms. The van der Waals surface area contributed by atoms with Crippen molar-refractivity contribution in [2.24, 2.45) is 5.92 Å². The third-order valence-electron chi connectivity index (χ3n) is 4.18. The molecular formula is C15H24N2O3S. The molecule has 0 saturated heterocycles. The molecule has 0 aliphatic heterocycles. The number of rotatable bonds is 5. The lowest BCUT2D eigenvalue weighted by atomic mass is 9.85. The Morgan fingerprint density at radius 2 is 1.95 bits per heavy atom. The normalized spacial score (nSPS) is 18.4. The van der Waals surface area contributed by atoms with Crippen LogP contribution < -0.4 is 15.2 Å². The first-order chi connectivity index (χ1) is 9.94. The fourth-order valence-corrected chi connectivity index (χ4v) is 4.46. The van der Waals surface area contributed by atoms with Gasteiger partial charge >= 0.3 is 0 Å². The lowest BCUT2D eigenvalue weighted by Gasteiger charge is -2.28. The largest absolute Gasteiger partial charge is 0.495 e. The summed E-state index contributed by atoms with van der Waals surface area (Å²) in [5.74, 6) is 0.716. The van der Waals surface area contributed by atoms with E-state index in [-0.39, 0.29) is 10.9 Å². The van der Waals surface area contributed by atoms with Crippen LogP contribution >= 0.6 is 0 Å². The van der Waals surface area contributed by atoms with E-state index >= 15 is 0 Å². The molecule has 0 heterocycles. The zero-order chi connectivity index (χ0) is 15.5. The van der Waals surface area contributed by atoms with Gasteiger partial charge in [0.15, 0.2) is 0 Å². The van der Waals surface area contributed by atoms with E-state index in [2.05, 4.69) is 4.72 Å². The highest BCUT2D eigenvalue weighted by Crippen LogP contribution is 2.29. The summed E-state index contributed by atoms with van der Waals surface area (Å²) in [7, 11) is -2.18. The molecule has 1 fully saturated rings. The van der Waals surface area contributed by atoms with Gasteiger partial charge in [-0.3, -0.25) is 0 Å². The monoisotopic (exact) mass is 312 g/mol. The van der Waals surface area contributed by atoms with Gasteiger partial charge in [0.05, 0.1) is 7.11 Å². The van der Waals surface area contributed by atoms with Gasteiger partial charge in [-0.2, -0.15) is 0 Å². The summed E-state index contributed by atoms with van der Waals surface area (Å²) in [5, 5.41) is 0. The second kappa shape index (κ2) is 6.66. The molecule has 1 aromatic carbocycles. The minimum Gasteiger partial charge on any atom is -0.495 e. The van der Waals surface area contributed by atoms with Crippen molar-refractivity contribution >= 4 is 15.7 Å². The van der Waals surface area contributed by atoms with Gasteiger partial charge in [-0.25, -0.2) is 13.1 Å². The van der Waals surface area contributed by atoms with Crippen molar-refractivity contribution < 1.29 is 13.2 Å². The summed E-state index contributed by atoms with van der Waals surface area (Å²) in [6.07, 6.45) is 5.77. The average Bonchev–Trinajstić information content (AvgIpc) is 2.47. The maximum absolute atomic E-state index is 12.6. The summed E-state index contributed by atoms with van der Waals surface area (Å²) >= 11 is 0. The summed E-state index contributed by atoms with van der Waals surface area (Å²) in [6, 6.07) is 4.56. The third-order valence-corrected chi connectivity index (χ3v) is 5.76. The van der Waals surface area contributed by atoms with Crippen molar-refractivity contribution in [2.45, 2.75) is 50.0 Å². The summed E-state index contributed by atoms with van der Waals surface area (Å²) < 4.78 is 33.1. The number of sulfonamides is 1. The van der Waals surface area contributed by atoms with Crippen LogP contribution in [0.15, 0.2) is 23.1 Å². The molecule has 0 bridgehead atoms. The van der Waals surface area contributed by atoms with E-state index in [4.69, 9.17) is 10.5 Å². The van der Waals surface area contributed by atoms with Gasteiger partial charge in [0.25, 0.3) is 0 Å². The van der Waals surface area contributed by atoms with Gasteiger partial charge in [-0.1, -0.05) is 19.3 Å². The third kappa shape index (κ3) is 3.89. The number of ether oxygens (including phenoxy) is 1. The van der Waals surface area contributed by atoms with Crippen molar-refractivity contribution in [2.75, 3.05) is 12.8 Å². The standard InChI is InChI=1S/C15H24N2O3S/c1-11(12-6-4-3-5-7-12)17-21(18,19)15-10-13(16)8-9-14(15)20-2/h8-12,17H,3-7,16H2,1-2H3. The number of nitrogens with two attached hydrogens (primary N) is 1. The van der Waals surface area contributed by atoms with Gasteiger partial charge in [0.2, 0.25) is 10.0 Å². The quantitative estimate of drug-likeness (QED) is 0.819. The molecule has 0 aromatic heterocycles. The van der Waals surface area contributed by atoms with Crippen LogP contribution in [-0.2, 0) is 10.0 Å². The Bertz CT molecular complexity index is 581. The van der Waals surface area contributed by atoms with Crippen LogP contribution in [-0.4, -0.2) is 21.6 Å². The van der Waals surface area contributed by atoms with Crippen molar-refractivity contribution in [3.05, 3.63) is 18.2 Å². The molecule has 1 atom stereocenters. The summed E-state index contributed by atoms with van der Waals surface area (Å²) in [4.78, 5) is 0.104. The molecule has 0 spiro atoms. The van der Waals surface area contributed by atoms with Crippen LogP contribution in [0.4, 0.5) is 5.69 Å². The highest BCUT2D eigenvalue weighted by Gasteiger charge is 2.27. The number of methoxy groups -OCH3 is 1. The van der Waals surface area contributed by atoms with Crippen molar-refractivity contribution in [1.82, 2.24) is 4.72 Å². The number of anilines is 1.